The van der Waals surface area contributed by atoms with Crippen LogP contribution in [0.1, 0.15) is 6.92 Å². The predicted octanol–water partition coefficient (Wildman–Crippen LogP) is -0.0526. The summed E-state index contributed by atoms with van der Waals surface area (Å²) in [5.74, 6) is 0.690. The molecule has 0 spiro atoms. The quantitative estimate of drug-likeness (QED) is 0.729. The third-order valence-electron chi connectivity index (χ3n) is 1.83. The van der Waals surface area contributed by atoms with Crippen molar-refractivity contribution in [2.45, 2.75) is 13.0 Å². The number of hydrogen-bond acceptors (Lipinski definition) is 5. The highest BCUT2D eigenvalue weighted by Crippen LogP contribution is 2.03. The molecule has 3 N–H and O–H groups in total. The van der Waals surface area contributed by atoms with Crippen LogP contribution in [-0.2, 0) is 4.79 Å². The normalized spacial score (nSPS) is 11.9. The van der Waals surface area contributed by atoms with Crippen LogP contribution in [0.15, 0.2) is 12.3 Å². The molecule has 0 fully saturated rings. The van der Waals surface area contributed by atoms with Gasteiger partial charge in [-0.15, -0.1) is 0 Å². The smallest absolute Gasteiger partial charge is 0.244 e. The van der Waals surface area contributed by atoms with E-state index < -0.39 is 0 Å². The number of aromatic nitrogens is 2. The van der Waals surface area contributed by atoms with Crippen molar-refractivity contribution in [2.75, 3.05) is 25.1 Å². The number of rotatable bonds is 3. The largest absolute Gasteiger partial charge is 0.384 e. The maximum Gasteiger partial charge on any atom is 0.244 e. The fourth-order valence-corrected chi connectivity index (χ4v) is 1.08. The Hall–Kier alpha value is -1.85. The Balaban J connectivity index is 2.66. The first-order valence-corrected chi connectivity index (χ1v) is 4.57. The summed E-state index contributed by atoms with van der Waals surface area (Å²) in [6, 6.07) is 1.21. The number of amides is 1. The van der Waals surface area contributed by atoms with E-state index in [1.165, 1.54) is 11.1 Å². The van der Waals surface area contributed by atoms with Crippen LogP contribution >= 0.6 is 0 Å². The fourth-order valence-electron chi connectivity index (χ4n) is 1.08. The van der Waals surface area contributed by atoms with Gasteiger partial charge in [-0.05, 0) is 13.0 Å². The summed E-state index contributed by atoms with van der Waals surface area (Å²) in [6.07, 6.45) is 1.54. The molecule has 1 unspecified atom stereocenters. The molecule has 0 radical (unpaired) electrons. The van der Waals surface area contributed by atoms with Gasteiger partial charge in [-0.2, -0.15) is 4.98 Å². The van der Waals surface area contributed by atoms with E-state index in [4.69, 9.17) is 5.73 Å². The van der Waals surface area contributed by atoms with Crippen molar-refractivity contribution < 1.29 is 4.79 Å². The van der Waals surface area contributed by atoms with E-state index in [1.807, 2.05) is 0 Å². The standard InChI is InChI=1S/C9H15N5O/c1-6(8(15)14(2)3)12-9-11-5-4-7(10)13-9/h4-6H,1-3H3,(H3,10,11,12,13). The summed E-state index contributed by atoms with van der Waals surface area (Å²) >= 11 is 0. The van der Waals surface area contributed by atoms with Crippen LogP contribution in [-0.4, -0.2) is 40.9 Å². The third kappa shape index (κ3) is 3.08. The number of nitrogens with two attached hydrogens (primary N) is 1. The van der Waals surface area contributed by atoms with E-state index in [0.29, 0.717) is 11.8 Å². The number of likely N-dealkylation sites (N-methyl/N-ethyl adjacent to an activating group) is 1. The Morgan fingerprint density at radius 3 is 2.80 bits per heavy atom. The van der Waals surface area contributed by atoms with Crippen LogP contribution in [0.4, 0.5) is 11.8 Å². The molecule has 1 rings (SSSR count). The van der Waals surface area contributed by atoms with E-state index in [2.05, 4.69) is 15.3 Å². The summed E-state index contributed by atoms with van der Waals surface area (Å²) in [4.78, 5) is 20.9. The summed E-state index contributed by atoms with van der Waals surface area (Å²) in [5, 5.41) is 2.87. The first-order valence-electron chi connectivity index (χ1n) is 4.57. The lowest BCUT2D eigenvalue weighted by molar-refractivity contribution is -0.129. The van der Waals surface area contributed by atoms with Crippen molar-refractivity contribution in [3.05, 3.63) is 12.3 Å². The first kappa shape index (κ1) is 11.2. The zero-order chi connectivity index (χ0) is 11.4. The van der Waals surface area contributed by atoms with E-state index in [-0.39, 0.29) is 11.9 Å². The lowest BCUT2D eigenvalue weighted by atomic mass is 10.3. The molecule has 6 nitrogen and oxygen atoms in total. The van der Waals surface area contributed by atoms with Crippen LogP contribution in [0.5, 0.6) is 0 Å². The van der Waals surface area contributed by atoms with E-state index in [9.17, 15) is 4.79 Å². The van der Waals surface area contributed by atoms with Gasteiger partial charge in [-0.1, -0.05) is 0 Å². The van der Waals surface area contributed by atoms with E-state index >= 15 is 0 Å². The molecule has 0 aliphatic heterocycles. The first-order chi connectivity index (χ1) is 7.00. The highest BCUT2D eigenvalue weighted by molar-refractivity contribution is 5.83. The van der Waals surface area contributed by atoms with Gasteiger partial charge in [0.15, 0.2) is 0 Å². The van der Waals surface area contributed by atoms with Crippen LogP contribution in [0.25, 0.3) is 0 Å². The van der Waals surface area contributed by atoms with Gasteiger partial charge in [0.05, 0.1) is 0 Å². The van der Waals surface area contributed by atoms with Crippen molar-refractivity contribution in [3.8, 4) is 0 Å². The maximum atomic E-state index is 11.5. The molecule has 0 saturated heterocycles. The van der Waals surface area contributed by atoms with Gasteiger partial charge < -0.3 is 16.0 Å². The van der Waals surface area contributed by atoms with Gasteiger partial charge in [0.2, 0.25) is 11.9 Å². The number of carbonyl (C=O) groups is 1. The predicted molar refractivity (Wildman–Crippen MR) is 58.2 cm³/mol. The van der Waals surface area contributed by atoms with Crippen molar-refractivity contribution in [2.24, 2.45) is 0 Å². The summed E-state index contributed by atoms with van der Waals surface area (Å²) < 4.78 is 0. The van der Waals surface area contributed by atoms with Gasteiger partial charge >= 0.3 is 0 Å². The van der Waals surface area contributed by atoms with Gasteiger partial charge in [0, 0.05) is 20.3 Å². The minimum absolute atomic E-state index is 0.0407. The SMILES string of the molecule is CC(Nc1nccc(N)n1)C(=O)N(C)C. The zero-order valence-corrected chi connectivity index (χ0v) is 9.06. The molecule has 82 valence electrons. The average molecular weight is 209 g/mol. The zero-order valence-electron chi connectivity index (χ0n) is 9.06. The van der Waals surface area contributed by atoms with Crippen LogP contribution < -0.4 is 11.1 Å². The van der Waals surface area contributed by atoms with E-state index in [1.54, 1.807) is 27.1 Å². The van der Waals surface area contributed by atoms with Crippen molar-refractivity contribution in [1.82, 2.24) is 14.9 Å². The van der Waals surface area contributed by atoms with Crippen LogP contribution in [0.2, 0.25) is 0 Å². The number of nitrogens with one attached hydrogen (secondary N) is 1. The Bertz CT molecular complexity index is 352. The van der Waals surface area contributed by atoms with Gasteiger partial charge in [0.25, 0.3) is 0 Å². The maximum absolute atomic E-state index is 11.5. The Labute approximate surface area is 88.5 Å². The molecular formula is C9H15N5O. The number of anilines is 2. The molecule has 1 aromatic rings. The van der Waals surface area contributed by atoms with E-state index in [0.717, 1.165) is 0 Å². The highest BCUT2D eigenvalue weighted by Gasteiger charge is 2.15. The Morgan fingerprint density at radius 1 is 1.60 bits per heavy atom. The highest BCUT2D eigenvalue weighted by atomic mass is 16.2. The van der Waals surface area contributed by atoms with Crippen LogP contribution in [0.3, 0.4) is 0 Å². The third-order valence-corrected chi connectivity index (χ3v) is 1.83. The molecule has 0 aromatic carbocycles. The molecule has 0 saturated carbocycles. The molecule has 0 bridgehead atoms. The molecule has 0 aliphatic carbocycles. The lowest BCUT2D eigenvalue weighted by Gasteiger charge is -2.17. The average Bonchev–Trinajstić information content (AvgIpc) is 2.16. The number of nitrogen functional groups attached to an aromatic ring is 1. The van der Waals surface area contributed by atoms with Crippen molar-refractivity contribution >= 4 is 17.7 Å². The Morgan fingerprint density at radius 2 is 2.27 bits per heavy atom. The number of carbonyl (C=O) groups excluding carboxylic acids is 1. The molecule has 15 heavy (non-hydrogen) atoms. The second-order valence-electron chi connectivity index (χ2n) is 3.40. The van der Waals surface area contributed by atoms with Crippen molar-refractivity contribution in [1.29, 1.82) is 0 Å². The molecule has 1 atom stereocenters. The fraction of sp³-hybridized carbons (Fsp3) is 0.444. The minimum atomic E-state index is -0.373. The minimum Gasteiger partial charge on any atom is -0.384 e. The second-order valence-corrected chi connectivity index (χ2v) is 3.40. The topological polar surface area (TPSA) is 84.1 Å². The second kappa shape index (κ2) is 4.59. The molecule has 1 amide bonds. The number of hydrogen-bond donors (Lipinski definition) is 2. The van der Waals surface area contributed by atoms with Gasteiger partial charge in [0.1, 0.15) is 11.9 Å². The number of nitrogens with zero attached hydrogens (tertiary/aromatic N) is 3. The summed E-state index contributed by atoms with van der Waals surface area (Å²) in [7, 11) is 3.39. The molecule has 1 heterocycles. The van der Waals surface area contributed by atoms with Crippen molar-refractivity contribution in [3.63, 3.8) is 0 Å². The van der Waals surface area contributed by atoms with Gasteiger partial charge in [-0.25, -0.2) is 4.98 Å². The summed E-state index contributed by atoms with van der Waals surface area (Å²) in [6.45, 7) is 1.74. The lowest BCUT2D eigenvalue weighted by Crippen LogP contribution is -2.37. The van der Waals surface area contributed by atoms with Crippen LogP contribution in [0, 0.1) is 0 Å². The molecular weight excluding hydrogens is 194 g/mol. The summed E-state index contributed by atoms with van der Waals surface area (Å²) in [5.41, 5.74) is 5.48. The molecule has 1 aromatic heterocycles. The molecule has 6 heteroatoms. The van der Waals surface area contributed by atoms with Gasteiger partial charge in [-0.3, -0.25) is 4.79 Å². The monoisotopic (exact) mass is 209 g/mol. The molecule has 0 aliphatic rings. The Kier molecular flexibility index (Phi) is 3.43.